The number of hydrogen-bond acceptors (Lipinski definition) is 7. The number of methoxy groups -OCH3 is 1. The number of hydrogen-bond donors (Lipinski definition) is 0. The van der Waals surface area contributed by atoms with Crippen LogP contribution in [0.1, 0.15) is 31.6 Å². The van der Waals surface area contributed by atoms with Crippen molar-refractivity contribution < 1.29 is 22.4 Å². The van der Waals surface area contributed by atoms with Crippen LogP contribution in [0.3, 0.4) is 0 Å². The van der Waals surface area contributed by atoms with Gasteiger partial charge < -0.3 is 14.0 Å². The second-order valence-electron chi connectivity index (χ2n) is 7.41. The van der Waals surface area contributed by atoms with E-state index in [2.05, 4.69) is 10.1 Å². The molecule has 32 heavy (non-hydrogen) atoms. The third kappa shape index (κ3) is 4.60. The van der Waals surface area contributed by atoms with Crippen LogP contribution in [0.25, 0.3) is 11.4 Å². The fourth-order valence-electron chi connectivity index (χ4n) is 3.72. The first-order valence-corrected chi connectivity index (χ1v) is 12.1. The van der Waals surface area contributed by atoms with Gasteiger partial charge in [0.2, 0.25) is 21.7 Å². The number of nitrogens with zero attached hydrogens (tertiary/aromatic N) is 3. The second-order valence-corrected chi connectivity index (χ2v) is 9.79. The highest BCUT2D eigenvalue weighted by Gasteiger charge is 2.33. The van der Waals surface area contributed by atoms with Gasteiger partial charge >= 0.3 is 0 Å². The maximum absolute atomic E-state index is 13.0. The van der Waals surface area contributed by atoms with Crippen LogP contribution in [0.4, 0.5) is 0 Å². The van der Waals surface area contributed by atoms with Gasteiger partial charge in [-0.15, -0.1) is 0 Å². The van der Waals surface area contributed by atoms with Gasteiger partial charge in [0.05, 0.1) is 24.5 Å². The van der Waals surface area contributed by atoms with Crippen molar-refractivity contribution in [1.82, 2.24) is 14.4 Å². The molecule has 0 amide bonds. The molecule has 0 N–H and O–H groups in total. The summed E-state index contributed by atoms with van der Waals surface area (Å²) >= 11 is 5.90. The molecule has 10 heteroatoms. The van der Waals surface area contributed by atoms with Gasteiger partial charge in [-0.3, -0.25) is 0 Å². The van der Waals surface area contributed by atoms with Crippen LogP contribution in [-0.2, 0) is 10.0 Å². The summed E-state index contributed by atoms with van der Waals surface area (Å²) in [5, 5.41) is 4.59. The highest BCUT2D eigenvalue weighted by atomic mass is 35.5. The Morgan fingerprint density at radius 1 is 1.19 bits per heavy atom. The van der Waals surface area contributed by atoms with E-state index >= 15 is 0 Å². The fraction of sp³-hybridized carbons (Fsp3) is 0.364. The molecule has 1 saturated heterocycles. The van der Waals surface area contributed by atoms with Crippen molar-refractivity contribution in [2.45, 2.75) is 30.6 Å². The number of ether oxygens (including phenoxy) is 2. The molecule has 1 atom stereocenters. The van der Waals surface area contributed by atoms with Gasteiger partial charge in [0.1, 0.15) is 0 Å². The molecule has 8 nitrogen and oxygen atoms in total. The highest BCUT2D eigenvalue weighted by Crippen LogP contribution is 2.34. The van der Waals surface area contributed by atoms with E-state index in [4.69, 9.17) is 25.6 Å². The number of sulfonamides is 1. The standard InChI is InChI=1S/C22H24ClN3O5S/c1-3-30-19-11-6-15(13-20(19)29-2)21-24-22(31-25-21)16-5-4-12-26(14-16)32(27,28)18-9-7-17(23)8-10-18/h6-11,13,16H,3-5,12,14H2,1-2H3/t16-/m1/s1. The van der Waals surface area contributed by atoms with Crippen LogP contribution < -0.4 is 9.47 Å². The van der Waals surface area contributed by atoms with Gasteiger partial charge in [0.15, 0.2) is 11.5 Å². The van der Waals surface area contributed by atoms with Crippen molar-refractivity contribution in [3.63, 3.8) is 0 Å². The molecule has 2 aromatic carbocycles. The van der Waals surface area contributed by atoms with Gasteiger partial charge in [-0.05, 0) is 62.2 Å². The van der Waals surface area contributed by atoms with Crippen LogP contribution in [0.2, 0.25) is 5.02 Å². The van der Waals surface area contributed by atoms with E-state index < -0.39 is 10.0 Å². The highest BCUT2D eigenvalue weighted by molar-refractivity contribution is 7.89. The molecule has 3 aromatic rings. The minimum absolute atomic E-state index is 0.184. The van der Waals surface area contributed by atoms with Crippen molar-refractivity contribution in [3.8, 4) is 22.9 Å². The minimum Gasteiger partial charge on any atom is -0.493 e. The van der Waals surface area contributed by atoms with E-state index in [0.717, 1.165) is 12.0 Å². The Kier molecular flexibility index (Phi) is 6.68. The topological polar surface area (TPSA) is 94.8 Å². The van der Waals surface area contributed by atoms with Crippen molar-refractivity contribution in [3.05, 3.63) is 53.4 Å². The zero-order chi connectivity index (χ0) is 22.7. The Morgan fingerprint density at radius 3 is 2.69 bits per heavy atom. The summed E-state index contributed by atoms with van der Waals surface area (Å²) in [7, 11) is -2.06. The van der Waals surface area contributed by atoms with Crippen LogP contribution in [0, 0.1) is 0 Å². The molecule has 4 rings (SSSR count). The molecule has 0 bridgehead atoms. The summed E-state index contributed by atoms with van der Waals surface area (Å²) in [6.45, 7) is 3.15. The molecular formula is C22H24ClN3O5S. The summed E-state index contributed by atoms with van der Waals surface area (Å²) in [6.07, 6.45) is 1.47. The summed E-state index contributed by atoms with van der Waals surface area (Å²) in [4.78, 5) is 4.76. The third-order valence-corrected chi connectivity index (χ3v) is 7.48. The molecular weight excluding hydrogens is 454 g/mol. The Hall–Kier alpha value is -2.62. The zero-order valence-corrected chi connectivity index (χ0v) is 19.4. The third-order valence-electron chi connectivity index (χ3n) is 5.35. The molecule has 0 aliphatic carbocycles. The van der Waals surface area contributed by atoms with E-state index in [1.807, 2.05) is 13.0 Å². The summed E-state index contributed by atoms with van der Waals surface area (Å²) in [5.74, 6) is 1.87. The Labute approximate surface area is 192 Å². The van der Waals surface area contributed by atoms with Gasteiger partial charge in [0, 0.05) is 23.7 Å². The van der Waals surface area contributed by atoms with Crippen molar-refractivity contribution >= 4 is 21.6 Å². The van der Waals surface area contributed by atoms with Crippen LogP contribution >= 0.6 is 11.6 Å². The SMILES string of the molecule is CCOc1ccc(-c2noc([C@@H]3CCCN(S(=O)(=O)c4ccc(Cl)cc4)C3)n2)cc1OC. The number of rotatable bonds is 7. The summed E-state index contributed by atoms with van der Waals surface area (Å²) in [6, 6.07) is 11.6. The number of aromatic nitrogens is 2. The molecule has 1 aliphatic heterocycles. The quantitative estimate of drug-likeness (QED) is 0.498. The molecule has 1 aliphatic rings. The Bertz CT molecular complexity index is 1180. The molecule has 0 spiro atoms. The lowest BCUT2D eigenvalue weighted by Crippen LogP contribution is -2.39. The van der Waals surface area contributed by atoms with Crippen molar-refractivity contribution in [2.24, 2.45) is 0 Å². The van der Waals surface area contributed by atoms with Gasteiger partial charge in [-0.25, -0.2) is 8.42 Å². The maximum Gasteiger partial charge on any atom is 0.243 e. The monoisotopic (exact) mass is 477 g/mol. The molecule has 2 heterocycles. The van der Waals surface area contributed by atoms with Gasteiger partial charge in [0.25, 0.3) is 0 Å². The van der Waals surface area contributed by atoms with Crippen LogP contribution in [0.15, 0.2) is 51.9 Å². The summed E-state index contributed by atoms with van der Waals surface area (Å²) < 4.78 is 44.0. The molecule has 170 valence electrons. The first-order chi connectivity index (χ1) is 15.4. The van der Waals surface area contributed by atoms with E-state index in [-0.39, 0.29) is 17.4 Å². The molecule has 1 fully saturated rings. The predicted octanol–water partition coefficient (Wildman–Crippen LogP) is 4.37. The van der Waals surface area contributed by atoms with Crippen molar-refractivity contribution in [2.75, 3.05) is 26.8 Å². The lowest BCUT2D eigenvalue weighted by molar-refractivity contribution is 0.265. The van der Waals surface area contributed by atoms with E-state index in [0.29, 0.717) is 47.8 Å². The maximum atomic E-state index is 13.0. The largest absolute Gasteiger partial charge is 0.493 e. The van der Waals surface area contributed by atoms with E-state index in [9.17, 15) is 8.42 Å². The number of benzene rings is 2. The molecule has 1 aromatic heterocycles. The van der Waals surface area contributed by atoms with E-state index in [1.54, 1.807) is 31.4 Å². The average molecular weight is 478 g/mol. The fourth-order valence-corrected chi connectivity index (χ4v) is 5.37. The lowest BCUT2D eigenvalue weighted by Gasteiger charge is -2.30. The zero-order valence-electron chi connectivity index (χ0n) is 17.8. The molecule has 0 saturated carbocycles. The average Bonchev–Trinajstić information content (AvgIpc) is 3.30. The second kappa shape index (κ2) is 9.48. The normalized spacial score (nSPS) is 17.3. The molecule has 0 radical (unpaired) electrons. The van der Waals surface area contributed by atoms with E-state index in [1.165, 1.54) is 16.4 Å². The number of halogens is 1. The predicted molar refractivity (Wildman–Crippen MR) is 120 cm³/mol. The van der Waals surface area contributed by atoms with Gasteiger partial charge in [-0.2, -0.15) is 9.29 Å². The Morgan fingerprint density at radius 2 is 1.97 bits per heavy atom. The summed E-state index contributed by atoms with van der Waals surface area (Å²) in [5.41, 5.74) is 0.724. The number of piperidine rings is 1. The van der Waals surface area contributed by atoms with Gasteiger partial charge in [-0.1, -0.05) is 16.8 Å². The van der Waals surface area contributed by atoms with Crippen LogP contribution in [0.5, 0.6) is 11.5 Å². The first kappa shape index (κ1) is 22.6. The first-order valence-electron chi connectivity index (χ1n) is 10.3. The Balaban J connectivity index is 1.54. The lowest BCUT2D eigenvalue weighted by atomic mass is 10.00. The van der Waals surface area contributed by atoms with Crippen molar-refractivity contribution in [1.29, 1.82) is 0 Å². The smallest absolute Gasteiger partial charge is 0.243 e. The minimum atomic E-state index is -3.63. The van der Waals surface area contributed by atoms with Crippen LogP contribution in [-0.4, -0.2) is 49.7 Å². The molecule has 0 unspecified atom stereocenters.